The molecule has 0 unspecified atom stereocenters. The summed E-state index contributed by atoms with van der Waals surface area (Å²) in [6.45, 7) is 3.37. The topological polar surface area (TPSA) is 61.6 Å². The van der Waals surface area contributed by atoms with Gasteiger partial charge in [-0.2, -0.15) is 0 Å². The summed E-state index contributed by atoms with van der Waals surface area (Å²) in [7, 11) is 2.04. The van der Waals surface area contributed by atoms with Crippen molar-refractivity contribution in [2.45, 2.75) is 0 Å². The van der Waals surface area contributed by atoms with Crippen molar-refractivity contribution < 1.29 is 4.79 Å². The maximum absolute atomic E-state index is 10.9. The lowest BCUT2D eigenvalue weighted by atomic mass is 10.3. The van der Waals surface area contributed by atoms with Crippen molar-refractivity contribution in [1.29, 1.82) is 0 Å². The van der Waals surface area contributed by atoms with Gasteiger partial charge in [-0.05, 0) is 7.05 Å². The van der Waals surface area contributed by atoms with E-state index in [1.807, 2.05) is 7.05 Å². The molecular formula is C6H14N4O. The SMILES string of the molecule is CN1CCN(C(=O)NN)CC1. The zero-order chi connectivity index (χ0) is 8.27. The maximum atomic E-state index is 10.9. The molecule has 0 aromatic rings. The molecule has 3 N–H and O–H groups in total. The van der Waals surface area contributed by atoms with Crippen molar-refractivity contribution in [3.05, 3.63) is 0 Å². The second kappa shape index (κ2) is 3.54. The molecular weight excluding hydrogens is 144 g/mol. The van der Waals surface area contributed by atoms with Gasteiger partial charge in [0.25, 0.3) is 0 Å². The van der Waals surface area contributed by atoms with Gasteiger partial charge in [0.1, 0.15) is 0 Å². The first-order chi connectivity index (χ1) is 5.24. The zero-order valence-corrected chi connectivity index (χ0v) is 6.71. The number of nitrogens with two attached hydrogens (primary N) is 1. The monoisotopic (exact) mass is 158 g/mol. The van der Waals surface area contributed by atoms with Crippen LogP contribution in [0.5, 0.6) is 0 Å². The predicted octanol–water partition coefficient (Wildman–Crippen LogP) is -1.18. The molecule has 5 heteroatoms. The second-order valence-corrected chi connectivity index (χ2v) is 2.74. The molecule has 64 valence electrons. The Morgan fingerprint density at radius 3 is 2.36 bits per heavy atom. The van der Waals surface area contributed by atoms with Gasteiger partial charge in [-0.25, -0.2) is 10.6 Å². The molecule has 0 aromatic carbocycles. The molecule has 0 atom stereocenters. The first-order valence-electron chi connectivity index (χ1n) is 3.68. The van der Waals surface area contributed by atoms with Crippen LogP contribution in [0.15, 0.2) is 0 Å². The fraction of sp³-hybridized carbons (Fsp3) is 0.833. The predicted molar refractivity (Wildman–Crippen MR) is 41.8 cm³/mol. The third-order valence-electron chi connectivity index (χ3n) is 1.91. The molecule has 1 heterocycles. The molecule has 1 rings (SSSR count). The van der Waals surface area contributed by atoms with E-state index in [1.54, 1.807) is 4.90 Å². The molecule has 1 fully saturated rings. The zero-order valence-electron chi connectivity index (χ0n) is 6.71. The lowest BCUT2D eigenvalue weighted by Gasteiger charge is -2.31. The van der Waals surface area contributed by atoms with Gasteiger partial charge in [-0.15, -0.1) is 0 Å². The quantitative estimate of drug-likeness (QED) is 0.265. The molecule has 1 aliphatic rings. The van der Waals surface area contributed by atoms with Crippen LogP contribution in [-0.4, -0.2) is 49.1 Å². The molecule has 0 aromatic heterocycles. The maximum Gasteiger partial charge on any atom is 0.331 e. The highest BCUT2D eigenvalue weighted by Gasteiger charge is 2.17. The fourth-order valence-corrected chi connectivity index (χ4v) is 1.10. The van der Waals surface area contributed by atoms with E-state index in [0.717, 1.165) is 26.2 Å². The Hall–Kier alpha value is -0.810. The first-order valence-corrected chi connectivity index (χ1v) is 3.68. The van der Waals surface area contributed by atoms with Gasteiger partial charge in [0.2, 0.25) is 0 Å². The summed E-state index contributed by atoms with van der Waals surface area (Å²) in [6, 6.07) is -0.182. The number of carbonyl (C=O) groups is 1. The highest BCUT2D eigenvalue weighted by atomic mass is 16.2. The molecule has 0 bridgehead atoms. The van der Waals surface area contributed by atoms with Gasteiger partial charge in [-0.3, -0.25) is 5.43 Å². The van der Waals surface area contributed by atoms with Crippen LogP contribution in [0.1, 0.15) is 0 Å². The molecule has 0 aliphatic carbocycles. The van der Waals surface area contributed by atoms with Crippen LogP contribution >= 0.6 is 0 Å². The number of rotatable bonds is 0. The minimum atomic E-state index is -0.182. The van der Waals surface area contributed by atoms with Crippen LogP contribution in [0.2, 0.25) is 0 Å². The van der Waals surface area contributed by atoms with Crippen molar-refractivity contribution in [3.8, 4) is 0 Å². The van der Waals surface area contributed by atoms with Crippen molar-refractivity contribution in [3.63, 3.8) is 0 Å². The Bertz CT molecular complexity index is 142. The van der Waals surface area contributed by atoms with Gasteiger partial charge >= 0.3 is 6.03 Å². The summed E-state index contributed by atoms with van der Waals surface area (Å²) in [5.41, 5.74) is 2.12. The Morgan fingerprint density at radius 2 is 1.91 bits per heavy atom. The normalized spacial score (nSPS) is 20.0. The Kier molecular flexibility index (Phi) is 2.67. The van der Waals surface area contributed by atoms with Crippen LogP contribution in [0.25, 0.3) is 0 Å². The molecule has 1 aliphatic heterocycles. The van der Waals surface area contributed by atoms with E-state index in [-0.39, 0.29) is 6.03 Å². The van der Waals surface area contributed by atoms with E-state index in [1.165, 1.54) is 0 Å². The number of likely N-dealkylation sites (N-methyl/N-ethyl adjacent to an activating group) is 1. The van der Waals surface area contributed by atoms with E-state index in [0.29, 0.717) is 0 Å². The average molecular weight is 158 g/mol. The first kappa shape index (κ1) is 8.29. The van der Waals surface area contributed by atoms with E-state index in [4.69, 9.17) is 5.84 Å². The average Bonchev–Trinajstić information content (AvgIpc) is 2.05. The number of piperazine rings is 1. The van der Waals surface area contributed by atoms with Crippen LogP contribution in [0.4, 0.5) is 4.79 Å². The third-order valence-corrected chi connectivity index (χ3v) is 1.91. The Balaban J connectivity index is 2.33. The summed E-state index contributed by atoms with van der Waals surface area (Å²) in [5, 5.41) is 0. The van der Waals surface area contributed by atoms with Crippen LogP contribution in [0.3, 0.4) is 0 Å². The van der Waals surface area contributed by atoms with Crippen LogP contribution in [0, 0.1) is 0 Å². The number of urea groups is 1. The fourth-order valence-electron chi connectivity index (χ4n) is 1.10. The Labute approximate surface area is 66.1 Å². The second-order valence-electron chi connectivity index (χ2n) is 2.74. The van der Waals surface area contributed by atoms with Crippen molar-refractivity contribution in [2.75, 3.05) is 33.2 Å². The van der Waals surface area contributed by atoms with E-state index < -0.39 is 0 Å². The number of amides is 2. The van der Waals surface area contributed by atoms with Gasteiger partial charge in [-0.1, -0.05) is 0 Å². The smallest absolute Gasteiger partial charge is 0.321 e. The van der Waals surface area contributed by atoms with E-state index in [9.17, 15) is 4.79 Å². The van der Waals surface area contributed by atoms with Crippen molar-refractivity contribution >= 4 is 6.03 Å². The third kappa shape index (κ3) is 2.06. The van der Waals surface area contributed by atoms with Gasteiger partial charge in [0.15, 0.2) is 0 Å². The summed E-state index contributed by atoms with van der Waals surface area (Å²) in [5.74, 6) is 4.98. The highest BCUT2D eigenvalue weighted by Crippen LogP contribution is 1.97. The van der Waals surface area contributed by atoms with Crippen molar-refractivity contribution in [1.82, 2.24) is 15.2 Å². The number of nitrogens with zero attached hydrogens (tertiary/aromatic N) is 2. The number of nitrogens with one attached hydrogen (secondary N) is 1. The molecule has 11 heavy (non-hydrogen) atoms. The lowest BCUT2D eigenvalue weighted by molar-refractivity contribution is 0.154. The molecule has 0 radical (unpaired) electrons. The largest absolute Gasteiger partial charge is 0.331 e. The summed E-state index contributed by atoms with van der Waals surface area (Å²) < 4.78 is 0. The summed E-state index contributed by atoms with van der Waals surface area (Å²) in [6.07, 6.45) is 0. The molecule has 5 nitrogen and oxygen atoms in total. The standard InChI is InChI=1S/C6H14N4O/c1-9-2-4-10(5-3-9)6(11)8-7/h2-5,7H2,1H3,(H,8,11). The molecule has 1 saturated heterocycles. The number of carbonyl (C=O) groups excluding carboxylic acids is 1. The lowest BCUT2D eigenvalue weighted by Crippen LogP contribution is -2.52. The van der Waals surface area contributed by atoms with Crippen molar-refractivity contribution in [2.24, 2.45) is 5.84 Å². The molecule has 2 amide bonds. The molecule has 0 saturated carbocycles. The number of hydrogen-bond donors (Lipinski definition) is 2. The highest BCUT2D eigenvalue weighted by molar-refractivity contribution is 5.73. The van der Waals surface area contributed by atoms with Gasteiger partial charge in [0, 0.05) is 26.2 Å². The van der Waals surface area contributed by atoms with Crippen LogP contribution in [-0.2, 0) is 0 Å². The molecule has 0 spiro atoms. The van der Waals surface area contributed by atoms with E-state index >= 15 is 0 Å². The Morgan fingerprint density at radius 1 is 1.36 bits per heavy atom. The minimum Gasteiger partial charge on any atom is -0.321 e. The number of hydrogen-bond acceptors (Lipinski definition) is 3. The summed E-state index contributed by atoms with van der Waals surface area (Å²) >= 11 is 0. The van der Waals surface area contributed by atoms with Gasteiger partial charge < -0.3 is 9.80 Å². The minimum absolute atomic E-state index is 0.182. The number of hydrazine groups is 1. The van der Waals surface area contributed by atoms with E-state index in [2.05, 4.69) is 10.3 Å². The summed E-state index contributed by atoms with van der Waals surface area (Å²) in [4.78, 5) is 14.8. The van der Waals surface area contributed by atoms with Crippen LogP contribution < -0.4 is 11.3 Å². The van der Waals surface area contributed by atoms with Gasteiger partial charge in [0.05, 0.1) is 0 Å².